The van der Waals surface area contributed by atoms with E-state index in [1.165, 1.54) is 17.1 Å². The SMILES string of the molecule is Nc1ncnc2c1ncn2[C@@H]1O[C@H](C(=O)NS(=O)(=O)C[C@H]2C[C@H](n3ccc(=O)[nH]c3=O)O[C@@H]2CO)[C@@H](O)[C@H]1O. The normalized spacial score (nSPS) is 29.2. The number of aliphatic hydroxyl groups is 3. The van der Waals surface area contributed by atoms with E-state index in [2.05, 4.69) is 19.9 Å². The van der Waals surface area contributed by atoms with Crippen LogP contribution < -0.4 is 21.7 Å². The Morgan fingerprint density at radius 2 is 1.95 bits per heavy atom. The van der Waals surface area contributed by atoms with Crippen molar-refractivity contribution in [1.29, 1.82) is 0 Å². The van der Waals surface area contributed by atoms with Crippen LogP contribution in [0.25, 0.3) is 11.2 Å². The van der Waals surface area contributed by atoms with Gasteiger partial charge in [-0.1, -0.05) is 0 Å². The van der Waals surface area contributed by atoms with Gasteiger partial charge in [-0.2, -0.15) is 0 Å². The molecule has 0 aromatic carbocycles. The average Bonchev–Trinajstić information content (AvgIpc) is 3.55. The molecule has 0 radical (unpaired) electrons. The maximum Gasteiger partial charge on any atom is 0.330 e. The summed E-state index contributed by atoms with van der Waals surface area (Å²) in [4.78, 5) is 50.1. The van der Waals surface area contributed by atoms with E-state index in [-0.39, 0.29) is 23.4 Å². The van der Waals surface area contributed by atoms with Crippen molar-refractivity contribution < 1.29 is 38.0 Å². The highest BCUT2D eigenvalue weighted by Gasteiger charge is 2.49. The number of aliphatic hydroxyl groups excluding tert-OH is 3. The molecule has 2 aliphatic heterocycles. The number of nitrogens with two attached hydrogens (primary N) is 1. The fourth-order valence-corrected chi connectivity index (χ4v) is 6.10. The zero-order valence-corrected chi connectivity index (χ0v) is 20.7. The monoisotopic (exact) mass is 568 g/mol. The van der Waals surface area contributed by atoms with E-state index in [9.17, 15) is 38.1 Å². The summed E-state index contributed by atoms with van der Waals surface area (Å²) in [7, 11) is -4.38. The first-order valence-corrected chi connectivity index (χ1v) is 13.2. The molecule has 3 aromatic rings. The third kappa shape index (κ3) is 5.02. The molecule has 39 heavy (non-hydrogen) atoms. The van der Waals surface area contributed by atoms with Crippen molar-refractivity contribution in [3.05, 3.63) is 45.8 Å². The largest absolute Gasteiger partial charge is 0.394 e. The highest BCUT2D eigenvalue weighted by molar-refractivity contribution is 7.90. The number of nitrogens with one attached hydrogen (secondary N) is 2. The predicted octanol–water partition coefficient (Wildman–Crippen LogP) is -4.08. The van der Waals surface area contributed by atoms with Gasteiger partial charge in [-0.25, -0.2) is 28.2 Å². The fraction of sp³-hybridized carbons (Fsp3) is 0.500. The van der Waals surface area contributed by atoms with Gasteiger partial charge in [-0.3, -0.25) is 28.4 Å². The Morgan fingerprint density at radius 1 is 1.18 bits per heavy atom. The summed E-state index contributed by atoms with van der Waals surface area (Å²) in [5.74, 6) is -2.72. The van der Waals surface area contributed by atoms with Crippen LogP contribution in [0.4, 0.5) is 5.82 Å². The van der Waals surface area contributed by atoms with Gasteiger partial charge in [0.25, 0.3) is 11.5 Å². The number of anilines is 1. The minimum atomic E-state index is -4.38. The minimum absolute atomic E-state index is 0.0334. The Hall–Kier alpha value is -3.75. The number of H-pyrrole nitrogens is 1. The van der Waals surface area contributed by atoms with E-state index in [1.54, 1.807) is 0 Å². The Kier molecular flexibility index (Phi) is 6.95. The van der Waals surface area contributed by atoms with Gasteiger partial charge in [-0.05, 0) is 6.42 Å². The van der Waals surface area contributed by atoms with Crippen LogP contribution in [0.15, 0.2) is 34.5 Å². The molecule has 1 amide bonds. The number of carbonyl (C=O) groups is 1. The number of carbonyl (C=O) groups excluding carboxylic acids is 1. The van der Waals surface area contributed by atoms with Crippen LogP contribution >= 0.6 is 0 Å². The summed E-state index contributed by atoms with van der Waals surface area (Å²) < 4.78 is 40.9. The van der Waals surface area contributed by atoms with Gasteiger partial charge < -0.3 is 30.5 Å². The molecule has 2 fully saturated rings. The fourth-order valence-electron chi connectivity index (χ4n) is 4.68. The van der Waals surface area contributed by atoms with Gasteiger partial charge in [0.15, 0.2) is 23.8 Å². The van der Waals surface area contributed by atoms with Crippen LogP contribution in [-0.2, 0) is 24.3 Å². The van der Waals surface area contributed by atoms with E-state index in [4.69, 9.17) is 15.2 Å². The number of ether oxygens (including phenoxy) is 2. The van der Waals surface area contributed by atoms with E-state index < -0.39 is 82.3 Å². The van der Waals surface area contributed by atoms with Crippen molar-refractivity contribution >= 4 is 32.9 Å². The van der Waals surface area contributed by atoms with Crippen molar-refractivity contribution in [2.24, 2.45) is 5.92 Å². The minimum Gasteiger partial charge on any atom is -0.394 e. The number of aromatic amines is 1. The van der Waals surface area contributed by atoms with Gasteiger partial charge in [-0.15, -0.1) is 0 Å². The number of hydrogen-bond donors (Lipinski definition) is 6. The zero-order valence-electron chi connectivity index (χ0n) is 19.9. The Labute approximate surface area is 218 Å². The summed E-state index contributed by atoms with van der Waals surface area (Å²) in [6.45, 7) is -0.575. The Morgan fingerprint density at radius 3 is 2.67 bits per heavy atom. The average molecular weight is 569 g/mol. The first kappa shape index (κ1) is 26.8. The molecular formula is C20H24N8O10S. The first-order valence-electron chi connectivity index (χ1n) is 11.6. The van der Waals surface area contributed by atoms with Crippen LogP contribution in [0, 0.1) is 5.92 Å². The van der Waals surface area contributed by atoms with Crippen molar-refractivity contribution in [3.8, 4) is 0 Å². The molecule has 3 aromatic heterocycles. The Bertz CT molecular complexity index is 1620. The number of hydrogen-bond acceptors (Lipinski definition) is 14. The maximum absolute atomic E-state index is 12.8. The molecule has 5 rings (SSSR count). The lowest BCUT2D eigenvalue weighted by Gasteiger charge is -2.18. The Balaban J connectivity index is 1.28. The third-order valence-corrected chi connectivity index (χ3v) is 7.93. The van der Waals surface area contributed by atoms with Gasteiger partial charge in [0.2, 0.25) is 10.0 Å². The number of aromatic nitrogens is 6. The number of rotatable bonds is 7. The highest BCUT2D eigenvalue weighted by atomic mass is 32.2. The molecule has 210 valence electrons. The topological polar surface area (TPSA) is 267 Å². The molecule has 7 atom stereocenters. The van der Waals surface area contributed by atoms with Crippen molar-refractivity contribution in [2.45, 2.75) is 43.3 Å². The standard InChI is InChI=1S/C20H24N8O10S/c21-16-12-17(23-6-22-16)28(7-24-12)19-14(32)13(31)15(38-19)18(33)26-39(35,36)5-8-3-11(37-9(8)4-29)27-2-1-10(30)25-20(27)34/h1-2,6-9,11,13-15,19,29,31-32H,3-5H2,(H,26,33)(H2,21,22,23)(H,25,30,34)/t8-,9-,11-,13+,14-,15+,19-/m1/s1. The number of sulfonamides is 1. The number of nitrogen functional groups attached to an aromatic ring is 1. The number of amides is 1. The summed E-state index contributed by atoms with van der Waals surface area (Å²) >= 11 is 0. The van der Waals surface area contributed by atoms with Crippen molar-refractivity contribution in [3.63, 3.8) is 0 Å². The number of imidazole rings is 1. The van der Waals surface area contributed by atoms with Crippen LogP contribution in [0.3, 0.4) is 0 Å². The van der Waals surface area contributed by atoms with Gasteiger partial charge in [0.05, 0.1) is 24.8 Å². The molecule has 0 unspecified atom stereocenters. The molecule has 7 N–H and O–H groups in total. The molecule has 18 nitrogen and oxygen atoms in total. The van der Waals surface area contributed by atoms with Crippen LogP contribution in [0.1, 0.15) is 18.9 Å². The molecule has 0 spiro atoms. The summed E-state index contributed by atoms with van der Waals surface area (Å²) in [5.41, 5.74) is 4.69. The van der Waals surface area contributed by atoms with Crippen LogP contribution in [-0.4, -0.2) is 95.5 Å². The number of nitrogens with zero attached hydrogens (tertiary/aromatic N) is 5. The molecule has 19 heteroatoms. The molecule has 0 aliphatic carbocycles. The van der Waals surface area contributed by atoms with Gasteiger partial charge >= 0.3 is 5.69 Å². The van der Waals surface area contributed by atoms with Crippen LogP contribution in [0.5, 0.6) is 0 Å². The quantitative estimate of drug-likeness (QED) is 0.158. The zero-order chi connectivity index (χ0) is 28.1. The molecular weight excluding hydrogens is 544 g/mol. The smallest absolute Gasteiger partial charge is 0.330 e. The summed E-state index contributed by atoms with van der Waals surface area (Å²) in [6.07, 6.45) is -5.05. The lowest BCUT2D eigenvalue weighted by molar-refractivity contribution is -0.135. The summed E-state index contributed by atoms with van der Waals surface area (Å²) in [6, 6.07) is 1.09. The molecule has 5 heterocycles. The second-order valence-corrected chi connectivity index (χ2v) is 10.9. The first-order chi connectivity index (χ1) is 18.5. The third-order valence-electron chi connectivity index (χ3n) is 6.55. The maximum atomic E-state index is 12.8. The lowest BCUT2D eigenvalue weighted by Crippen LogP contribution is -2.46. The number of fused-ring (bicyclic) bond motifs is 1. The van der Waals surface area contributed by atoms with E-state index in [1.807, 2.05) is 4.72 Å². The molecule has 2 aliphatic rings. The van der Waals surface area contributed by atoms with Gasteiger partial charge in [0.1, 0.15) is 30.3 Å². The second kappa shape index (κ2) is 10.1. The molecule has 0 bridgehead atoms. The lowest BCUT2D eigenvalue weighted by atomic mass is 10.0. The van der Waals surface area contributed by atoms with Crippen molar-refractivity contribution in [1.82, 2.24) is 33.8 Å². The highest BCUT2D eigenvalue weighted by Crippen LogP contribution is 2.34. The predicted molar refractivity (Wildman–Crippen MR) is 128 cm³/mol. The molecule has 0 saturated carbocycles. The molecule has 2 saturated heterocycles. The van der Waals surface area contributed by atoms with Crippen LogP contribution in [0.2, 0.25) is 0 Å². The van der Waals surface area contributed by atoms with E-state index in [0.717, 1.165) is 17.0 Å². The van der Waals surface area contributed by atoms with Gasteiger partial charge in [0, 0.05) is 18.2 Å². The van der Waals surface area contributed by atoms with E-state index >= 15 is 0 Å². The summed E-state index contributed by atoms with van der Waals surface area (Å²) in [5, 5.41) is 30.7. The van der Waals surface area contributed by atoms with E-state index in [0.29, 0.717) is 0 Å². The second-order valence-electron chi connectivity index (χ2n) is 9.08. The van der Waals surface area contributed by atoms with Crippen molar-refractivity contribution in [2.75, 3.05) is 18.1 Å².